The molecule has 0 radical (unpaired) electrons. The summed E-state index contributed by atoms with van der Waals surface area (Å²) in [6, 6.07) is -0.504. The molecule has 20 heavy (non-hydrogen) atoms. The summed E-state index contributed by atoms with van der Waals surface area (Å²) in [6.45, 7) is 6.52. The molecular weight excluding hydrogens is 274 g/mol. The van der Waals surface area contributed by atoms with Crippen LogP contribution in [-0.4, -0.2) is 33.8 Å². The van der Waals surface area contributed by atoms with Crippen LogP contribution in [0.3, 0.4) is 0 Å². The Morgan fingerprint density at radius 1 is 1.50 bits per heavy atom. The fourth-order valence-corrected chi connectivity index (χ4v) is 3.07. The molecule has 110 valence electrons. The zero-order valence-corrected chi connectivity index (χ0v) is 12.9. The molecule has 1 aliphatic heterocycles. The van der Waals surface area contributed by atoms with Crippen molar-refractivity contribution in [2.24, 2.45) is 5.92 Å². The smallest absolute Gasteiger partial charge is 0.245 e. The van der Waals surface area contributed by atoms with E-state index in [1.807, 2.05) is 12.3 Å². The van der Waals surface area contributed by atoms with Crippen molar-refractivity contribution in [3.8, 4) is 0 Å². The van der Waals surface area contributed by atoms with Crippen LogP contribution in [0.25, 0.3) is 0 Å². The van der Waals surface area contributed by atoms with Gasteiger partial charge in [-0.15, -0.1) is 11.3 Å². The van der Waals surface area contributed by atoms with Crippen LogP contribution < -0.4 is 5.32 Å². The van der Waals surface area contributed by atoms with E-state index < -0.39 is 6.04 Å². The fourth-order valence-electron chi connectivity index (χ4n) is 2.45. The molecule has 1 saturated heterocycles. The summed E-state index contributed by atoms with van der Waals surface area (Å²) in [5.74, 6) is 0.324. The van der Waals surface area contributed by atoms with Crippen molar-refractivity contribution >= 4 is 23.2 Å². The number of carbonyl (C=O) groups is 2. The minimum Gasteiger partial charge on any atom is -0.344 e. The molecule has 1 aromatic heterocycles. The topological polar surface area (TPSA) is 62.3 Å². The number of rotatable bonds is 4. The Morgan fingerprint density at radius 2 is 2.25 bits per heavy atom. The van der Waals surface area contributed by atoms with Gasteiger partial charge in [0.05, 0.1) is 6.54 Å². The molecule has 0 aromatic carbocycles. The molecule has 0 bridgehead atoms. The van der Waals surface area contributed by atoms with E-state index in [2.05, 4.69) is 24.1 Å². The molecule has 5 nitrogen and oxygen atoms in total. The van der Waals surface area contributed by atoms with Crippen molar-refractivity contribution in [3.63, 3.8) is 0 Å². The first kappa shape index (κ1) is 15.0. The number of thiazole rings is 1. The number of aromatic nitrogens is 1. The summed E-state index contributed by atoms with van der Waals surface area (Å²) in [5, 5.41) is 5.66. The van der Waals surface area contributed by atoms with E-state index >= 15 is 0 Å². The van der Waals surface area contributed by atoms with Crippen LogP contribution in [0, 0.1) is 5.92 Å². The molecule has 1 fully saturated rings. The van der Waals surface area contributed by atoms with Crippen LogP contribution in [-0.2, 0) is 16.1 Å². The number of nitrogens with one attached hydrogen (secondary N) is 1. The van der Waals surface area contributed by atoms with Gasteiger partial charge in [0.2, 0.25) is 11.8 Å². The van der Waals surface area contributed by atoms with Gasteiger partial charge in [0, 0.05) is 24.0 Å². The van der Waals surface area contributed by atoms with Gasteiger partial charge in [-0.2, -0.15) is 0 Å². The Kier molecular flexibility index (Phi) is 4.75. The van der Waals surface area contributed by atoms with E-state index in [0.29, 0.717) is 25.3 Å². The van der Waals surface area contributed by atoms with E-state index in [1.54, 1.807) is 11.1 Å². The first-order valence-corrected chi connectivity index (χ1v) is 7.83. The first-order chi connectivity index (χ1) is 9.47. The molecule has 1 aliphatic rings. The van der Waals surface area contributed by atoms with Crippen LogP contribution in [0.2, 0.25) is 0 Å². The zero-order valence-electron chi connectivity index (χ0n) is 12.1. The van der Waals surface area contributed by atoms with Gasteiger partial charge in [-0.05, 0) is 19.3 Å². The Balaban J connectivity index is 2.18. The molecule has 6 heteroatoms. The maximum Gasteiger partial charge on any atom is 0.245 e. The summed E-state index contributed by atoms with van der Waals surface area (Å²) in [7, 11) is 0. The Bertz CT molecular complexity index is 473. The zero-order chi connectivity index (χ0) is 14.7. The van der Waals surface area contributed by atoms with Crippen molar-refractivity contribution < 1.29 is 9.59 Å². The molecule has 0 spiro atoms. The summed E-state index contributed by atoms with van der Waals surface area (Å²) in [6.07, 6.45) is 2.76. The third-order valence-electron chi connectivity index (χ3n) is 3.43. The van der Waals surface area contributed by atoms with E-state index in [4.69, 9.17) is 0 Å². The van der Waals surface area contributed by atoms with Crippen molar-refractivity contribution in [1.29, 1.82) is 0 Å². The lowest BCUT2D eigenvalue weighted by molar-refractivity contribution is -0.136. The molecule has 2 amide bonds. The SMILES string of the molecule is CC(C)CC1NC(=O)CC(C)N(Cc2nccs2)C1=O. The average Bonchev–Trinajstić information content (AvgIpc) is 2.83. The molecule has 2 unspecified atom stereocenters. The molecule has 2 rings (SSSR count). The number of hydrogen-bond acceptors (Lipinski definition) is 4. The van der Waals surface area contributed by atoms with Gasteiger partial charge in [0.15, 0.2) is 0 Å². The summed E-state index contributed by atoms with van der Waals surface area (Å²) in [4.78, 5) is 30.5. The predicted molar refractivity (Wildman–Crippen MR) is 78.1 cm³/mol. The molecular formula is C14H21N3O2S. The highest BCUT2D eigenvalue weighted by Gasteiger charge is 2.34. The number of nitrogens with zero attached hydrogens (tertiary/aromatic N) is 2. The lowest BCUT2D eigenvalue weighted by Gasteiger charge is -2.28. The predicted octanol–water partition coefficient (Wildman–Crippen LogP) is 1.79. The van der Waals surface area contributed by atoms with Crippen molar-refractivity contribution in [2.75, 3.05) is 0 Å². The highest BCUT2D eigenvalue weighted by Crippen LogP contribution is 2.19. The Morgan fingerprint density at radius 3 is 2.85 bits per heavy atom. The van der Waals surface area contributed by atoms with Crippen LogP contribution in [0.15, 0.2) is 11.6 Å². The minimum absolute atomic E-state index is 0.00671. The highest BCUT2D eigenvalue weighted by molar-refractivity contribution is 7.09. The summed E-state index contributed by atoms with van der Waals surface area (Å²) in [5.41, 5.74) is 0. The second kappa shape index (κ2) is 6.35. The van der Waals surface area contributed by atoms with Gasteiger partial charge in [0.25, 0.3) is 0 Å². The van der Waals surface area contributed by atoms with E-state index in [9.17, 15) is 9.59 Å². The number of amides is 2. The summed E-state index contributed by atoms with van der Waals surface area (Å²) >= 11 is 1.53. The standard InChI is InChI=1S/C14H21N3O2S/c1-9(2)6-11-14(19)17(8-13-15-4-5-20-13)10(3)7-12(18)16-11/h4-5,9-11H,6-8H2,1-3H3,(H,16,18). The Labute approximate surface area is 123 Å². The van der Waals surface area contributed by atoms with E-state index in [-0.39, 0.29) is 17.9 Å². The molecule has 0 saturated carbocycles. The van der Waals surface area contributed by atoms with Crippen LogP contribution >= 0.6 is 11.3 Å². The molecule has 1 aromatic rings. The lowest BCUT2D eigenvalue weighted by Crippen LogP contribution is -2.46. The minimum atomic E-state index is -0.410. The maximum absolute atomic E-state index is 12.7. The molecule has 2 atom stereocenters. The monoisotopic (exact) mass is 295 g/mol. The van der Waals surface area contributed by atoms with Gasteiger partial charge in [0.1, 0.15) is 11.0 Å². The molecule has 1 N–H and O–H groups in total. The number of carbonyl (C=O) groups excluding carboxylic acids is 2. The first-order valence-electron chi connectivity index (χ1n) is 6.95. The van der Waals surface area contributed by atoms with Gasteiger partial charge < -0.3 is 10.2 Å². The maximum atomic E-state index is 12.7. The van der Waals surface area contributed by atoms with Crippen molar-refractivity contribution in [2.45, 2.75) is 52.2 Å². The normalized spacial score (nSPS) is 23.9. The average molecular weight is 295 g/mol. The van der Waals surface area contributed by atoms with Crippen LogP contribution in [0.5, 0.6) is 0 Å². The summed E-state index contributed by atoms with van der Waals surface area (Å²) < 4.78 is 0. The molecule has 0 aliphatic carbocycles. The fraction of sp³-hybridized carbons (Fsp3) is 0.643. The largest absolute Gasteiger partial charge is 0.344 e. The van der Waals surface area contributed by atoms with E-state index in [1.165, 1.54) is 11.3 Å². The van der Waals surface area contributed by atoms with Crippen LogP contribution in [0.1, 0.15) is 38.6 Å². The third kappa shape index (κ3) is 3.56. The van der Waals surface area contributed by atoms with Crippen molar-refractivity contribution in [1.82, 2.24) is 15.2 Å². The Hall–Kier alpha value is -1.43. The van der Waals surface area contributed by atoms with Gasteiger partial charge in [-0.25, -0.2) is 4.98 Å². The molecule has 2 heterocycles. The van der Waals surface area contributed by atoms with Gasteiger partial charge in [-0.1, -0.05) is 13.8 Å². The highest BCUT2D eigenvalue weighted by atomic mass is 32.1. The van der Waals surface area contributed by atoms with Gasteiger partial charge >= 0.3 is 0 Å². The van der Waals surface area contributed by atoms with Crippen molar-refractivity contribution in [3.05, 3.63) is 16.6 Å². The van der Waals surface area contributed by atoms with Crippen LogP contribution in [0.4, 0.5) is 0 Å². The lowest BCUT2D eigenvalue weighted by atomic mass is 10.0. The second-order valence-corrected chi connectivity index (χ2v) is 6.67. The second-order valence-electron chi connectivity index (χ2n) is 5.69. The quantitative estimate of drug-likeness (QED) is 0.921. The van der Waals surface area contributed by atoms with Gasteiger partial charge in [-0.3, -0.25) is 9.59 Å². The third-order valence-corrected chi connectivity index (χ3v) is 4.19. The van der Waals surface area contributed by atoms with E-state index in [0.717, 1.165) is 5.01 Å². The number of hydrogen-bond donors (Lipinski definition) is 1.